The molecule has 2 fully saturated rings. The van der Waals surface area contributed by atoms with Crippen molar-refractivity contribution >= 4 is 23.5 Å². The van der Waals surface area contributed by atoms with E-state index in [4.69, 9.17) is 4.74 Å². The highest BCUT2D eigenvalue weighted by Gasteiger charge is 2.40. The summed E-state index contributed by atoms with van der Waals surface area (Å²) in [4.78, 5) is 38.6. The summed E-state index contributed by atoms with van der Waals surface area (Å²) < 4.78 is 5.32. The maximum Gasteiger partial charge on any atom is 0.312 e. The van der Waals surface area contributed by atoms with E-state index in [1.165, 1.54) is 0 Å². The van der Waals surface area contributed by atoms with E-state index in [9.17, 15) is 14.4 Å². The maximum atomic E-state index is 12.4. The molecule has 1 saturated carbocycles. The van der Waals surface area contributed by atoms with Crippen LogP contribution in [0.2, 0.25) is 0 Å². The standard InChI is InChI=1S/C20H26N2O4/c1-13-7-9-16(10-8-13)21-19(24)14(2)26-20(25)15-11-18(23)22(12-15)17-5-3-4-6-17/h7-10,14-15,17H,3-6,11-12H2,1-2H3,(H,21,24)/t14-,15-/m1/s1. The van der Waals surface area contributed by atoms with Crippen LogP contribution in [0.1, 0.15) is 44.6 Å². The van der Waals surface area contributed by atoms with Gasteiger partial charge in [0, 0.05) is 24.7 Å². The van der Waals surface area contributed by atoms with Gasteiger partial charge in [0.05, 0.1) is 5.92 Å². The number of nitrogens with one attached hydrogen (secondary N) is 1. The lowest BCUT2D eigenvalue weighted by Crippen LogP contribution is -2.36. The molecule has 1 saturated heterocycles. The minimum absolute atomic E-state index is 0.0237. The van der Waals surface area contributed by atoms with Crippen LogP contribution in [-0.4, -0.2) is 41.4 Å². The molecule has 0 aromatic heterocycles. The highest BCUT2D eigenvalue weighted by atomic mass is 16.5. The second kappa shape index (κ2) is 7.89. The summed E-state index contributed by atoms with van der Waals surface area (Å²) in [5.41, 5.74) is 1.76. The van der Waals surface area contributed by atoms with Crippen molar-refractivity contribution in [2.75, 3.05) is 11.9 Å². The van der Waals surface area contributed by atoms with Crippen molar-refractivity contribution in [3.63, 3.8) is 0 Å². The van der Waals surface area contributed by atoms with Gasteiger partial charge in [0.15, 0.2) is 6.10 Å². The summed E-state index contributed by atoms with van der Waals surface area (Å²) >= 11 is 0. The molecule has 1 aliphatic heterocycles. The minimum atomic E-state index is -0.903. The van der Waals surface area contributed by atoms with Crippen LogP contribution >= 0.6 is 0 Å². The van der Waals surface area contributed by atoms with Gasteiger partial charge in [-0.15, -0.1) is 0 Å². The number of likely N-dealkylation sites (tertiary alicyclic amines) is 1. The van der Waals surface area contributed by atoms with Gasteiger partial charge >= 0.3 is 5.97 Å². The molecule has 6 nitrogen and oxygen atoms in total. The number of anilines is 1. The van der Waals surface area contributed by atoms with Crippen molar-refractivity contribution in [1.82, 2.24) is 4.90 Å². The van der Waals surface area contributed by atoms with E-state index in [-0.39, 0.29) is 24.3 Å². The van der Waals surface area contributed by atoms with E-state index in [0.717, 1.165) is 31.2 Å². The summed E-state index contributed by atoms with van der Waals surface area (Å²) in [6.07, 6.45) is 3.59. The Hall–Kier alpha value is -2.37. The Kier molecular flexibility index (Phi) is 5.59. The number of ether oxygens (including phenoxy) is 1. The van der Waals surface area contributed by atoms with Crippen LogP contribution in [0.4, 0.5) is 5.69 Å². The molecule has 140 valence electrons. The van der Waals surface area contributed by atoms with Crippen LogP contribution in [0.15, 0.2) is 24.3 Å². The second-order valence-electron chi connectivity index (χ2n) is 7.32. The molecule has 1 heterocycles. The lowest BCUT2D eigenvalue weighted by molar-refractivity contribution is -0.157. The largest absolute Gasteiger partial charge is 0.452 e. The quantitative estimate of drug-likeness (QED) is 0.821. The molecule has 2 amide bonds. The number of benzene rings is 1. The average Bonchev–Trinajstić information content (AvgIpc) is 3.26. The second-order valence-corrected chi connectivity index (χ2v) is 7.32. The summed E-state index contributed by atoms with van der Waals surface area (Å²) in [6.45, 7) is 3.93. The third-order valence-corrected chi connectivity index (χ3v) is 5.24. The Morgan fingerprint density at radius 3 is 2.50 bits per heavy atom. The summed E-state index contributed by atoms with van der Waals surface area (Å²) in [7, 11) is 0. The minimum Gasteiger partial charge on any atom is -0.452 e. The molecule has 1 aromatic carbocycles. The number of carbonyl (C=O) groups is 3. The zero-order valence-electron chi connectivity index (χ0n) is 15.4. The molecular formula is C20H26N2O4. The molecule has 0 unspecified atom stereocenters. The van der Waals surface area contributed by atoms with Gasteiger partial charge in [0.1, 0.15) is 0 Å². The number of hydrogen-bond acceptors (Lipinski definition) is 4. The van der Waals surface area contributed by atoms with Gasteiger partial charge in [-0.1, -0.05) is 30.5 Å². The maximum absolute atomic E-state index is 12.4. The van der Waals surface area contributed by atoms with Gasteiger partial charge in [-0.2, -0.15) is 0 Å². The van der Waals surface area contributed by atoms with Crippen molar-refractivity contribution in [3.8, 4) is 0 Å². The molecule has 6 heteroatoms. The highest BCUT2D eigenvalue weighted by Crippen LogP contribution is 2.30. The monoisotopic (exact) mass is 358 g/mol. The molecule has 0 bridgehead atoms. The average molecular weight is 358 g/mol. The first kappa shape index (κ1) is 18.4. The van der Waals surface area contributed by atoms with Gasteiger partial charge in [-0.05, 0) is 38.8 Å². The molecular weight excluding hydrogens is 332 g/mol. The predicted octanol–water partition coefficient (Wildman–Crippen LogP) is 2.66. The molecule has 0 spiro atoms. The van der Waals surface area contributed by atoms with E-state index in [1.807, 2.05) is 24.0 Å². The first-order valence-corrected chi connectivity index (χ1v) is 9.31. The van der Waals surface area contributed by atoms with Crippen molar-refractivity contribution in [1.29, 1.82) is 0 Å². The third-order valence-electron chi connectivity index (χ3n) is 5.24. The fourth-order valence-electron chi connectivity index (χ4n) is 3.66. The van der Waals surface area contributed by atoms with Crippen molar-refractivity contribution in [2.24, 2.45) is 5.92 Å². The van der Waals surface area contributed by atoms with Crippen LogP contribution in [0.5, 0.6) is 0 Å². The zero-order chi connectivity index (χ0) is 18.7. The van der Waals surface area contributed by atoms with Gasteiger partial charge < -0.3 is 15.0 Å². The Bertz CT molecular complexity index is 680. The lowest BCUT2D eigenvalue weighted by atomic mass is 10.1. The normalized spacial score (nSPS) is 21.7. The SMILES string of the molecule is Cc1ccc(NC(=O)[C@@H](C)OC(=O)[C@@H]2CC(=O)N(C3CCCC3)C2)cc1. The number of nitrogens with zero attached hydrogens (tertiary/aromatic N) is 1. The molecule has 1 aliphatic carbocycles. The molecule has 3 rings (SSSR count). The van der Waals surface area contributed by atoms with Crippen LogP contribution in [-0.2, 0) is 19.1 Å². The fourth-order valence-corrected chi connectivity index (χ4v) is 3.66. The molecule has 0 radical (unpaired) electrons. The Labute approximate surface area is 153 Å². The van der Waals surface area contributed by atoms with Gasteiger partial charge in [0.2, 0.25) is 5.91 Å². The smallest absolute Gasteiger partial charge is 0.312 e. The van der Waals surface area contributed by atoms with Gasteiger partial charge in [-0.3, -0.25) is 14.4 Å². The van der Waals surface area contributed by atoms with E-state index < -0.39 is 18.0 Å². The van der Waals surface area contributed by atoms with Gasteiger partial charge in [0.25, 0.3) is 5.91 Å². The van der Waals surface area contributed by atoms with Gasteiger partial charge in [-0.25, -0.2) is 0 Å². The Morgan fingerprint density at radius 1 is 1.19 bits per heavy atom. The number of amides is 2. The van der Waals surface area contributed by atoms with Crippen molar-refractivity contribution in [3.05, 3.63) is 29.8 Å². The van der Waals surface area contributed by atoms with Crippen molar-refractivity contribution < 1.29 is 19.1 Å². The predicted molar refractivity (Wildman–Crippen MR) is 97.4 cm³/mol. The summed E-state index contributed by atoms with van der Waals surface area (Å²) in [6, 6.07) is 7.66. The zero-order valence-corrected chi connectivity index (χ0v) is 15.4. The molecule has 1 aromatic rings. The number of hydrogen-bond donors (Lipinski definition) is 1. The highest BCUT2D eigenvalue weighted by molar-refractivity contribution is 5.95. The van der Waals surface area contributed by atoms with Crippen LogP contribution < -0.4 is 5.32 Å². The first-order valence-electron chi connectivity index (χ1n) is 9.31. The molecule has 1 N–H and O–H groups in total. The fraction of sp³-hybridized carbons (Fsp3) is 0.550. The van der Waals surface area contributed by atoms with Crippen LogP contribution in [0, 0.1) is 12.8 Å². The van der Waals surface area contributed by atoms with Crippen molar-refractivity contribution in [2.45, 2.75) is 58.1 Å². The Morgan fingerprint density at radius 2 is 1.85 bits per heavy atom. The van der Waals surface area contributed by atoms with E-state index >= 15 is 0 Å². The third kappa shape index (κ3) is 4.23. The van der Waals surface area contributed by atoms with E-state index in [2.05, 4.69) is 5.32 Å². The summed E-state index contributed by atoms with van der Waals surface area (Å²) in [5.74, 6) is -1.29. The molecule has 26 heavy (non-hydrogen) atoms. The topological polar surface area (TPSA) is 75.7 Å². The summed E-state index contributed by atoms with van der Waals surface area (Å²) in [5, 5.41) is 2.73. The number of rotatable bonds is 5. The number of aryl methyl sites for hydroxylation is 1. The molecule has 2 atom stereocenters. The van der Waals surface area contributed by atoms with E-state index in [0.29, 0.717) is 12.2 Å². The lowest BCUT2D eigenvalue weighted by Gasteiger charge is -2.24. The van der Waals surface area contributed by atoms with E-state index in [1.54, 1.807) is 19.1 Å². The number of esters is 1. The number of carbonyl (C=O) groups excluding carboxylic acids is 3. The Balaban J connectivity index is 1.51. The first-order chi connectivity index (χ1) is 12.4. The molecule has 2 aliphatic rings. The van der Waals surface area contributed by atoms with Crippen LogP contribution in [0.3, 0.4) is 0 Å². The van der Waals surface area contributed by atoms with Crippen LogP contribution in [0.25, 0.3) is 0 Å².